The molecule has 0 aromatic rings. The van der Waals surface area contributed by atoms with Gasteiger partial charge in [0.25, 0.3) is 0 Å². The maximum Gasteiger partial charge on any atom is 0.309 e. The Morgan fingerprint density at radius 2 is 1.47 bits per heavy atom. The molecule has 43 heavy (non-hydrogen) atoms. The van der Waals surface area contributed by atoms with Crippen molar-refractivity contribution in [3.63, 3.8) is 0 Å². The number of carbonyl (C=O) groups is 3. The molecule has 6 aliphatic rings. The Morgan fingerprint density at radius 1 is 0.814 bits per heavy atom. The number of aliphatic carboxylic acids is 1. The molecule has 6 rings (SSSR count). The third-order valence-electron chi connectivity index (χ3n) is 15.0. The maximum absolute atomic E-state index is 13.6. The predicted molar refractivity (Wildman–Crippen MR) is 167 cm³/mol. The Balaban J connectivity index is 1.24. The minimum Gasteiger partial charge on any atom is -0.481 e. The van der Waals surface area contributed by atoms with Crippen LogP contribution in [-0.2, 0) is 19.1 Å². The monoisotopic (exact) mass is 595 g/mol. The summed E-state index contributed by atoms with van der Waals surface area (Å²) in [5, 5.41) is 9.73. The van der Waals surface area contributed by atoms with Gasteiger partial charge in [-0.1, -0.05) is 55.4 Å². The third-order valence-corrected chi connectivity index (χ3v) is 15.0. The highest BCUT2D eigenvalue weighted by atomic mass is 16.5. The molecule has 6 nitrogen and oxygen atoms in total. The van der Waals surface area contributed by atoms with Crippen molar-refractivity contribution >= 4 is 17.7 Å². The number of allylic oxidation sites excluding steroid dienone is 1. The average molecular weight is 596 g/mol. The van der Waals surface area contributed by atoms with Gasteiger partial charge in [0.05, 0.1) is 11.8 Å². The van der Waals surface area contributed by atoms with Gasteiger partial charge < -0.3 is 15.6 Å². The summed E-state index contributed by atoms with van der Waals surface area (Å²) in [6.07, 6.45) is 10.1. The van der Waals surface area contributed by atoms with Crippen molar-refractivity contribution in [3.8, 4) is 0 Å². The Labute approximate surface area is 259 Å². The molecule has 0 aromatic heterocycles. The lowest BCUT2D eigenvalue weighted by Gasteiger charge is -2.68. The molecule has 240 valence electrons. The second kappa shape index (κ2) is 9.90. The quantitative estimate of drug-likeness (QED) is 0.330. The lowest BCUT2D eigenvalue weighted by atomic mass is 9.37. The molecule has 6 aliphatic carbocycles. The molecule has 5 saturated carbocycles. The van der Waals surface area contributed by atoms with Crippen molar-refractivity contribution in [1.29, 1.82) is 0 Å². The van der Waals surface area contributed by atoms with Crippen LogP contribution in [0.25, 0.3) is 0 Å². The number of ether oxygens (including phenoxy) is 1. The first-order chi connectivity index (χ1) is 19.9. The number of fused-ring (bicyclic) bond motifs is 7. The zero-order valence-corrected chi connectivity index (χ0v) is 28.1. The van der Waals surface area contributed by atoms with Crippen LogP contribution in [0.5, 0.6) is 0 Å². The van der Waals surface area contributed by atoms with Crippen molar-refractivity contribution in [2.24, 2.45) is 68.8 Å². The van der Waals surface area contributed by atoms with Crippen molar-refractivity contribution in [1.82, 2.24) is 0 Å². The normalized spacial score (nSPS) is 46.6. The van der Waals surface area contributed by atoms with E-state index < -0.39 is 22.8 Å². The third kappa shape index (κ3) is 4.30. The molecule has 6 heteroatoms. The number of carbonyl (C=O) groups excluding carboxylic acids is 2. The number of esters is 1. The van der Waals surface area contributed by atoms with Gasteiger partial charge in [-0.3, -0.25) is 14.4 Å². The fraction of sp³-hybridized carbons (Fsp3) is 0.865. The van der Waals surface area contributed by atoms with Gasteiger partial charge in [0.2, 0.25) is 0 Å². The van der Waals surface area contributed by atoms with Gasteiger partial charge in [-0.25, -0.2) is 0 Å². The summed E-state index contributed by atoms with van der Waals surface area (Å²) in [5.74, 6) is 0.726. The highest BCUT2D eigenvalue weighted by Gasteiger charge is 2.66. The van der Waals surface area contributed by atoms with E-state index in [0.717, 1.165) is 44.1 Å². The first kappa shape index (κ1) is 31.3. The predicted octanol–water partition coefficient (Wildman–Crippen LogP) is 7.34. The van der Waals surface area contributed by atoms with Crippen molar-refractivity contribution in [3.05, 3.63) is 11.1 Å². The fourth-order valence-corrected chi connectivity index (χ4v) is 12.9. The van der Waals surface area contributed by atoms with E-state index in [9.17, 15) is 19.5 Å². The van der Waals surface area contributed by atoms with Crippen LogP contribution in [0.3, 0.4) is 0 Å². The topological polar surface area (TPSA) is 107 Å². The number of ketones is 1. The molecule has 0 saturated heterocycles. The summed E-state index contributed by atoms with van der Waals surface area (Å²) in [5.41, 5.74) is 8.67. The Hall–Kier alpha value is -1.69. The van der Waals surface area contributed by atoms with E-state index in [4.69, 9.17) is 10.5 Å². The zero-order chi connectivity index (χ0) is 31.5. The summed E-state index contributed by atoms with van der Waals surface area (Å²) in [6, 6.07) is 0. The molecule has 0 radical (unpaired) electrons. The van der Waals surface area contributed by atoms with Gasteiger partial charge in [0.1, 0.15) is 6.10 Å². The number of hydrogen-bond acceptors (Lipinski definition) is 5. The van der Waals surface area contributed by atoms with Gasteiger partial charge in [0, 0.05) is 17.4 Å². The molecule has 0 spiro atoms. The van der Waals surface area contributed by atoms with Crippen molar-refractivity contribution < 1.29 is 24.2 Å². The molecule has 3 N–H and O–H groups in total. The van der Waals surface area contributed by atoms with E-state index >= 15 is 0 Å². The number of carboxylic acids is 1. The van der Waals surface area contributed by atoms with Gasteiger partial charge >= 0.3 is 11.9 Å². The molecule has 0 aliphatic heterocycles. The highest BCUT2D eigenvalue weighted by Crippen LogP contribution is 2.72. The van der Waals surface area contributed by atoms with E-state index in [1.807, 2.05) is 13.8 Å². The van der Waals surface area contributed by atoms with Crippen LogP contribution in [0, 0.1) is 63.1 Å². The molecule has 0 aromatic carbocycles. The molecule has 0 amide bonds. The van der Waals surface area contributed by atoms with Gasteiger partial charge in [-0.05, 0) is 121 Å². The summed E-state index contributed by atoms with van der Waals surface area (Å²) in [4.78, 5) is 38.7. The lowest BCUT2D eigenvalue weighted by Crippen LogP contribution is -2.63. The van der Waals surface area contributed by atoms with E-state index in [2.05, 4.69) is 41.5 Å². The van der Waals surface area contributed by atoms with Crippen LogP contribution in [0.4, 0.5) is 0 Å². The SMILES string of the molecule is CC(C)C1=C2C3CCC4[C@@](C)(CCC5C(C)(C)[C@@H](OC(=O)[C@H]6CC[C@@H](C(=O)O)C6(C)C)CC[C@@]54C)C3CC[C@@]2(N)CC1=O. The van der Waals surface area contributed by atoms with E-state index in [-0.39, 0.29) is 40.2 Å². The minimum atomic E-state index is -0.805. The van der Waals surface area contributed by atoms with E-state index in [1.54, 1.807) is 0 Å². The van der Waals surface area contributed by atoms with Gasteiger partial charge in [-0.15, -0.1) is 0 Å². The first-order valence-corrected chi connectivity index (χ1v) is 17.4. The molecule has 4 unspecified atom stereocenters. The smallest absolute Gasteiger partial charge is 0.309 e. The number of carboxylic acid groups (broad SMARTS) is 1. The summed E-state index contributed by atoms with van der Waals surface area (Å²) < 4.78 is 6.41. The minimum absolute atomic E-state index is 0.144. The maximum atomic E-state index is 13.6. The fourth-order valence-electron chi connectivity index (χ4n) is 12.9. The first-order valence-electron chi connectivity index (χ1n) is 17.4. The van der Waals surface area contributed by atoms with Gasteiger partial charge in [0.15, 0.2) is 5.78 Å². The van der Waals surface area contributed by atoms with Crippen LogP contribution < -0.4 is 5.73 Å². The second-order valence-electron chi connectivity index (χ2n) is 17.9. The number of rotatable bonds is 4. The summed E-state index contributed by atoms with van der Waals surface area (Å²) in [6.45, 7) is 18.0. The van der Waals surface area contributed by atoms with Crippen LogP contribution in [0.2, 0.25) is 0 Å². The van der Waals surface area contributed by atoms with Crippen molar-refractivity contribution in [2.45, 2.75) is 138 Å². The Bertz CT molecular complexity index is 1250. The van der Waals surface area contributed by atoms with Crippen molar-refractivity contribution in [2.75, 3.05) is 0 Å². The Kier molecular flexibility index (Phi) is 7.21. The van der Waals surface area contributed by atoms with Gasteiger partial charge in [-0.2, -0.15) is 0 Å². The van der Waals surface area contributed by atoms with E-state index in [0.29, 0.717) is 48.7 Å². The average Bonchev–Trinajstić information content (AvgIpc) is 3.36. The molecule has 10 atom stereocenters. The number of Topliss-reactive ketones (excluding diaryl/α,β-unsaturated/α-hetero) is 1. The van der Waals surface area contributed by atoms with Crippen LogP contribution >= 0.6 is 0 Å². The molecular weight excluding hydrogens is 538 g/mol. The number of hydrogen-bond donors (Lipinski definition) is 2. The van der Waals surface area contributed by atoms with E-state index in [1.165, 1.54) is 18.4 Å². The second-order valence-corrected chi connectivity index (χ2v) is 17.9. The summed E-state index contributed by atoms with van der Waals surface area (Å²) in [7, 11) is 0. The highest BCUT2D eigenvalue weighted by molar-refractivity contribution is 6.01. The Morgan fingerprint density at radius 3 is 2.09 bits per heavy atom. The number of nitrogens with two attached hydrogens (primary N) is 1. The molecule has 0 bridgehead atoms. The largest absolute Gasteiger partial charge is 0.481 e. The molecule has 0 heterocycles. The standard InChI is InChI=1S/C37H57NO5/c1-20(2)29-25(39)19-37(38)18-13-22-21(30(29)37)9-12-27-35(22,7)16-14-26-34(5,6)28(15-17-36(26,27)8)43-32(42)24-11-10-23(31(40)41)33(24,3)4/h20-24,26-28H,9-19,38H2,1-8H3,(H,40,41)/t21?,22?,23-,24+,26?,27?,28-,35-,36-,37+/m0/s1. The van der Waals surface area contributed by atoms with Crippen LogP contribution in [0.15, 0.2) is 11.1 Å². The molecule has 5 fully saturated rings. The summed E-state index contributed by atoms with van der Waals surface area (Å²) >= 11 is 0. The van der Waals surface area contributed by atoms with Crippen LogP contribution in [0.1, 0.15) is 126 Å². The zero-order valence-electron chi connectivity index (χ0n) is 28.1. The lowest BCUT2D eigenvalue weighted by molar-refractivity contribution is -0.215. The molecular formula is C37H57NO5. The van der Waals surface area contributed by atoms with Crippen LogP contribution in [-0.4, -0.2) is 34.5 Å².